The summed E-state index contributed by atoms with van der Waals surface area (Å²) in [7, 11) is 0. The Bertz CT molecular complexity index is 622. The number of nitrogens with zero attached hydrogens (tertiary/aromatic N) is 1. The molecule has 1 aliphatic heterocycles. The molecule has 0 unspecified atom stereocenters. The van der Waals surface area contributed by atoms with Gasteiger partial charge >= 0.3 is 12.3 Å². The number of alkyl halides is 3. The van der Waals surface area contributed by atoms with E-state index in [1.807, 2.05) is 0 Å². The first kappa shape index (κ1) is 20.0. The molecule has 10 heteroatoms. The molecule has 0 spiro atoms. The third-order valence-corrected chi connectivity index (χ3v) is 3.64. The third-order valence-electron chi connectivity index (χ3n) is 3.64. The van der Waals surface area contributed by atoms with E-state index in [-0.39, 0.29) is 31.2 Å². The third kappa shape index (κ3) is 6.51. The van der Waals surface area contributed by atoms with Crippen molar-refractivity contribution in [2.24, 2.45) is 0 Å². The average Bonchev–Trinajstić information content (AvgIpc) is 2.60. The maximum Gasteiger partial charge on any atom is 0.422 e. The van der Waals surface area contributed by atoms with Crippen LogP contribution in [0.4, 0.5) is 22.4 Å². The number of hydrogen-bond donors (Lipinski definition) is 1. The number of nitrogens with one attached hydrogen (secondary N) is 1. The fraction of sp³-hybridized carbons (Fsp3) is 0.500. The quantitative estimate of drug-likeness (QED) is 0.799. The van der Waals surface area contributed by atoms with Gasteiger partial charge in [0.2, 0.25) is 5.91 Å². The number of morpholine rings is 1. The molecule has 0 bridgehead atoms. The fourth-order valence-electron chi connectivity index (χ4n) is 2.38. The van der Waals surface area contributed by atoms with Crippen molar-refractivity contribution >= 4 is 12.0 Å². The van der Waals surface area contributed by atoms with Crippen LogP contribution in [0.5, 0.6) is 0 Å². The van der Waals surface area contributed by atoms with Crippen LogP contribution in [0.2, 0.25) is 0 Å². The van der Waals surface area contributed by atoms with Crippen molar-refractivity contribution in [3.8, 4) is 0 Å². The van der Waals surface area contributed by atoms with Gasteiger partial charge in [0.05, 0.1) is 13.2 Å². The number of ether oxygens (including phenoxy) is 2. The lowest BCUT2D eigenvalue weighted by Crippen LogP contribution is -2.43. The predicted molar refractivity (Wildman–Crippen MR) is 81.7 cm³/mol. The number of halogens is 4. The van der Waals surface area contributed by atoms with Crippen LogP contribution in [0, 0.1) is 5.82 Å². The molecule has 1 N–H and O–H groups in total. The topological polar surface area (TPSA) is 67.9 Å². The van der Waals surface area contributed by atoms with E-state index < -0.39 is 25.0 Å². The first-order valence-corrected chi connectivity index (χ1v) is 7.87. The molecular weight excluding hydrogens is 360 g/mol. The molecule has 26 heavy (non-hydrogen) atoms. The minimum absolute atomic E-state index is 0.0861. The van der Waals surface area contributed by atoms with Crippen LogP contribution in [-0.4, -0.2) is 55.9 Å². The normalized spacial score (nSPS) is 17.7. The van der Waals surface area contributed by atoms with Crippen molar-refractivity contribution in [2.45, 2.75) is 18.7 Å². The van der Waals surface area contributed by atoms with E-state index in [2.05, 4.69) is 10.1 Å². The maximum absolute atomic E-state index is 13.0. The van der Waals surface area contributed by atoms with Gasteiger partial charge in [0, 0.05) is 19.5 Å². The second kappa shape index (κ2) is 8.84. The summed E-state index contributed by atoms with van der Waals surface area (Å²) in [5, 5.41) is 2.09. The lowest BCUT2D eigenvalue weighted by atomic mass is 10.1. The fourth-order valence-corrected chi connectivity index (χ4v) is 2.38. The lowest BCUT2D eigenvalue weighted by Gasteiger charge is -2.33. The first-order valence-electron chi connectivity index (χ1n) is 7.87. The van der Waals surface area contributed by atoms with Gasteiger partial charge in [-0.3, -0.25) is 4.79 Å². The van der Waals surface area contributed by atoms with Gasteiger partial charge in [-0.1, -0.05) is 12.1 Å². The second-order valence-electron chi connectivity index (χ2n) is 5.62. The highest BCUT2D eigenvalue weighted by atomic mass is 19.4. The number of carbonyl (C=O) groups is 2. The Hall–Kier alpha value is -2.36. The predicted octanol–water partition coefficient (Wildman–Crippen LogP) is 2.40. The lowest BCUT2D eigenvalue weighted by molar-refractivity contribution is -0.160. The van der Waals surface area contributed by atoms with Gasteiger partial charge in [-0.2, -0.15) is 13.2 Å². The zero-order chi connectivity index (χ0) is 19.2. The minimum Gasteiger partial charge on any atom is -0.440 e. The minimum atomic E-state index is -4.60. The second-order valence-corrected chi connectivity index (χ2v) is 5.62. The van der Waals surface area contributed by atoms with Crippen LogP contribution < -0.4 is 5.32 Å². The summed E-state index contributed by atoms with van der Waals surface area (Å²) in [6.45, 7) is -0.906. The van der Waals surface area contributed by atoms with Crippen LogP contribution in [0.15, 0.2) is 24.3 Å². The van der Waals surface area contributed by atoms with Crippen molar-refractivity contribution in [1.29, 1.82) is 0 Å². The molecule has 1 heterocycles. The Morgan fingerprint density at radius 3 is 2.62 bits per heavy atom. The van der Waals surface area contributed by atoms with Crippen molar-refractivity contribution in [1.82, 2.24) is 10.2 Å². The molecule has 0 saturated carbocycles. The van der Waals surface area contributed by atoms with E-state index in [0.29, 0.717) is 13.2 Å². The summed E-state index contributed by atoms with van der Waals surface area (Å²) in [5.41, 5.74) is 0.734. The Labute approximate surface area is 147 Å². The molecule has 2 amide bonds. The summed E-state index contributed by atoms with van der Waals surface area (Å²) in [6.07, 6.45) is -6.31. The Kier molecular flexibility index (Phi) is 6.78. The molecule has 1 saturated heterocycles. The summed E-state index contributed by atoms with van der Waals surface area (Å²) < 4.78 is 58.2. The zero-order valence-corrected chi connectivity index (χ0v) is 13.7. The molecule has 0 radical (unpaired) electrons. The van der Waals surface area contributed by atoms with Crippen LogP contribution in [-0.2, 0) is 14.3 Å². The smallest absolute Gasteiger partial charge is 0.422 e. The van der Waals surface area contributed by atoms with Crippen LogP contribution in [0.1, 0.15) is 18.1 Å². The van der Waals surface area contributed by atoms with E-state index in [1.54, 1.807) is 12.1 Å². The van der Waals surface area contributed by atoms with Gasteiger partial charge in [0.1, 0.15) is 11.9 Å². The van der Waals surface area contributed by atoms with Crippen LogP contribution in [0.25, 0.3) is 0 Å². The standard InChI is InChI=1S/C16H18F4N2O4/c17-12-3-1-11(2-4-12)13-9-22(7-8-25-13)14(23)5-6-21-15(24)26-10-16(18,19)20/h1-4,13H,5-10H2,(H,21,24)/t13-/m1/s1. The van der Waals surface area contributed by atoms with Gasteiger partial charge in [-0.15, -0.1) is 0 Å². The number of benzene rings is 1. The van der Waals surface area contributed by atoms with Gasteiger partial charge < -0.3 is 19.7 Å². The van der Waals surface area contributed by atoms with E-state index in [4.69, 9.17) is 4.74 Å². The maximum atomic E-state index is 13.0. The van der Waals surface area contributed by atoms with Crippen molar-refractivity contribution in [3.63, 3.8) is 0 Å². The highest BCUT2D eigenvalue weighted by molar-refractivity contribution is 5.77. The molecule has 1 aromatic carbocycles. The molecule has 1 aliphatic rings. The van der Waals surface area contributed by atoms with E-state index in [1.165, 1.54) is 17.0 Å². The highest BCUT2D eigenvalue weighted by Gasteiger charge is 2.29. The Morgan fingerprint density at radius 1 is 1.27 bits per heavy atom. The Balaban J connectivity index is 1.75. The Morgan fingerprint density at radius 2 is 1.96 bits per heavy atom. The van der Waals surface area contributed by atoms with E-state index in [9.17, 15) is 27.2 Å². The molecule has 1 fully saturated rings. The first-order chi connectivity index (χ1) is 12.2. The summed E-state index contributed by atoms with van der Waals surface area (Å²) in [4.78, 5) is 24.8. The van der Waals surface area contributed by atoms with Gasteiger partial charge in [0.25, 0.3) is 0 Å². The van der Waals surface area contributed by atoms with Crippen LogP contribution in [0.3, 0.4) is 0 Å². The largest absolute Gasteiger partial charge is 0.440 e. The molecule has 144 valence electrons. The van der Waals surface area contributed by atoms with Gasteiger partial charge in [-0.25, -0.2) is 9.18 Å². The number of alkyl carbamates (subject to hydrolysis) is 1. The monoisotopic (exact) mass is 378 g/mol. The summed E-state index contributed by atoms with van der Waals surface area (Å²) in [5.74, 6) is -0.655. The number of rotatable bonds is 5. The van der Waals surface area contributed by atoms with Gasteiger partial charge in [-0.05, 0) is 17.7 Å². The molecule has 1 atom stereocenters. The zero-order valence-electron chi connectivity index (χ0n) is 13.7. The molecule has 0 aromatic heterocycles. The molecular formula is C16H18F4N2O4. The summed E-state index contributed by atoms with van der Waals surface area (Å²) >= 11 is 0. The van der Waals surface area contributed by atoms with Crippen molar-refractivity contribution in [2.75, 3.05) is 32.8 Å². The molecule has 2 rings (SSSR count). The van der Waals surface area contributed by atoms with Crippen LogP contribution >= 0.6 is 0 Å². The van der Waals surface area contributed by atoms with Crippen molar-refractivity contribution < 1.29 is 36.6 Å². The SMILES string of the molecule is O=C(NCCC(=O)N1CCO[C@@H](c2ccc(F)cc2)C1)OCC(F)(F)F. The number of carbonyl (C=O) groups excluding carboxylic acids is 2. The van der Waals surface area contributed by atoms with E-state index >= 15 is 0 Å². The number of hydrogen-bond acceptors (Lipinski definition) is 4. The molecule has 6 nitrogen and oxygen atoms in total. The highest BCUT2D eigenvalue weighted by Crippen LogP contribution is 2.22. The number of amides is 2. The molecule has 0 aliphatic carbocycles. The average molecular weight is 378 g/mol. The van der Waals surface area contributed by atoms with Crippen molar-refractivity contribution in [3.05, 3.63) is 35.6 Å². The molecule has 1 aromatic rings. The van der Waals surface area contributed by atoms with E-state index in [0.717, 1.165) is 5.56 Å². The summed E-state index contributed by atoms with van der Waals surface area (Å²) in [6, 6.07) is 5.75. The van der Waals surface area contributed by atoms with Gasteiger partial charge in [0.15, 0.2) is 6.61 Å².